The van der Waals surface area contributed by atoms with Gasteiger partial charge in [-0.3, -0.25) is 4.90 Å². The molecule has 0 amide bonds. The summed E-state index contributed by atoms with van der Waals surface area (Å²) in [5, 5.41) is 1.07. The number of benzene rings is 2. The lowest BCUT2D eigenvalue weighted by Crippen LogP contribution is -2.38. The van der Waals surface area contributed by atoms with Gasteiger partial charge in [0.2, 0.25) is 0 Å². The van der Waals surface area contributed by atoms with Crippen LogP contribution < -0.4 is 4.74 Å². The van der Waals surface area contributed by atoms with Crippen LogP contribution in [0.25, 0.3) is 21.8 Å². The number of aryl methyl sites for hydroxylation is 1. The maximum Gasteiger partial charge on any atom is 0.124 e. The number of hydrogen-bond donors (Lipinski definition) is 0. The molecule has 1 saturated heterocycles. The molecule has 1 aliphatic heterocycles. The highest BCUT2D eigenvalue weighted by Crippen LogP contribution is 2.34. The van der Waals surface area contributed by atoms with E-state index in [1.807, 2.05) is 12.1 Å². The third-order valence-electron chi connectivity index (χ3n) is 5.70. The third-order valence-corrected chi connectivity index (χ3v) is 6.72. The molecule has 0 spiro atoms. The number of morpholine rings is 1. The van der Waals surface area contributed by atoms with Gasteiger partial charge in [0.25, 0.3) is 0 Å². The van der Waals surface area contributed by atoms with Gasteiger partial charge in [0, 0.05) is 35.6 Å². The summed E-state index contributed by atoms with van der Waals surface area (Å²) in [5.41, 5.74) is 4.87. The van der Waals surface area contributed by atoms with Crippen molar-refractivity contribution in [2.24, 2.45) is 0 Å². The number of nitrogens with zero attached hydrogens (tertiary/aromatic N) is 2. The van der Waals surface area contributed by atoms with E-state index in [1.54, 1.807) is 11.3 Å². The van der Waals surface area contributed by atoms with Gasteiger partial charge in [-0.15, -0.1) is 11.3 Å². The van der Waals surface area contributed by atoms with Crippen LogP contribution in [0.4, 0.5) is 0 Å². The Hall–Kier alpha value is -2.21. The van der Waals surface area contributed by atoms with Crippen molar-refractivity contribution in [3.8, 4) is 27.6 Å². The summed E-state index contributed by atoms with van der Waals surface area (Å²) >= 11 is 1.75. The van der Waals surface area contributed by atoms with E-state index in [9.17, 15) is 0 Å². The third kappa shape index (κ3) is 5.53. The van der Waals surface area contributed by atoms with Gasteiger partial charge in [-0.05, 0) is 42.2 Å². The van der Waals surface area contributed by atoms with Crippen molar-refractivity contribution in [2.75, 3.05) is 39.5 Å². The molecular formula is C26H32N2O2S. The van der Waals surface area contributed by atoms with Crippen molar-refractivity contribution in [1.82, 2.24) is 9.88 Å². The smallest absolute Gasteiger partial charge is 0.124 e. The maximum absolute atomic E-state index is 5.94. The zero-order chi connectivity index (χ0) is 21.8. The van der Waals surface area contributed by atoms with E-state index in [1.165, 1.54) is 16.0 Å². The number of thiazole rings is 1. The van der Waals surface area contributed by atoms with Crippen LogP contribution in [0.1, 0.15) is 31.2 Å². The van der Waals surface area contributed by atoms with Crippen molar-refractivity contribution in [3.63, 3.8) is 0 Å². The van der Waals surface area contributed by atoms with Crippen LogP contribution in [0.15, 0.2) is 48.5 Å². The molecule has 0 aliphatic carbocycles. The SMILES string of the molecule is Cc1sc(-c2ccc(C(C)(C)C)cc2)nc1-c1ccc(OCCN2CCOCC2)cc1. The summed E-state index contributed by atoms with van der Waals surface area (Å²) in [7, 11) is 0. The molecule has 0 saturated carbocycles. The Morgan fingerprint density at radius 1 is 0.968 bits per heavy atom. The van der Waals surface area contributed by atoms with E-state index in [4.69, 9.17) is 14.5 Å². The fourth-order valence-corrected chi connectivity index (χ4v) is 4.67. The molecule has 0 radical (unpaired) electrons. The van der Waals surface area contributed by atoms with Crippen LogP contribution in [-0.2, 0) is 10.2 Å². The second-order valence-corrected chi connectivity index (χ2v) is 10.3. The molecule has 31 heavy (non-hydrogen) atoms. The summed E-state index contributed by atoms with van der Waals surface area (Å²) in [6.45, 7) is 14.1. The highest BCUT2D eigenvalue weighted by atomic mass is 32.1. The average Bonchev–Trinajstić information content (AvgIpc) is 3.16. The number of rotatable bonds is 6. The Morgan fingerprint density at radius 3 is 2.26 bits per heavy atom. The summed E-state index contributed by atoms with van der Waals surface area (Å²) < 4.78 is 11.3. The Balaban J connectivity index is 1.41. The first-order chi connectivity index (χ1) is 14.9. The van der Waals surface area contributed by atoms with Gasteiger partial charge in [0.15, 0.2) is 0 Å². The minimum atomic E-state index is 0.161. The fourth-order valence-electron chi connectivity index (χ4n) is 3.73. The largest absolute Gasteiger partial charge is 0.492 e. The minimum absolute atomic E-state index is 0.161. The van der Waals surface area contributed by atoms with Crippen LogP contribution in [-0.4, -0.2) is 49.3 Å². The maximum atomic E-state index is 5.94. The van der Waals surface area contributed by atoms with E-state index < -0.39 is 0 Å². The molecule has 4 rings (SSSR count). The molecule has 0 bridgehead atoms. The molecule has 2 heterocycles. The number of hydrogen-bond acceptors (Lipinski definition) is 5. The highest BCUT2D eigenvalue weighted by Gasteiger charge is 2.15. The molecule has 0 unspecified atom stereocenters. The minimum Gasteiger partial charge on any atom is -0.492 e. The van der Waals surface area contributed by atoms with Crippen LogP contribution >= 0.6 is 11.3 Å². The van der Waals surface area contributed by atoms with Gasteiger partial charge in [-0.25, -0.2) is 4.98 Å². The quantitative estimate of drug-likeness (QED) is 0.490. The van der Waals surface area contributed by atoms with Gasteiger partial charge in [-0.2, -0.15) is 0 Å². The Kier molecular flexibility index (Phi) is 6.75. The highest BCUT2D eigenvalue weighted by molar-refractivity contribution is 7.15. The van der Waals surface area contributed by atoms with Gasteiger partial charge >= 0.3 is 0 Å². The Morgan fingerprint density at radius 2 is 1.61 bits per heavy atom. The fraction of sp³-hybridized carbons (Fsp3) is 0.423. The molecule has 1 aromatic heterocycles. The molecule has 164 valence electrons. The first-order valence-corrected chi connectivity index (χ1v) is 11.8. The second-order valence-electron chi connectivity index (χ2n) is 9.08. The Bertz CT molecular complexity index is 982. The topological polar surface area (TPSA) is 34.6 Å². The summed E-state index contributed by atoms with van der Waals surface area (Å²) in [4.78, 5) is 8.57. The lowest BCUT2D eigenvalue weighted by Gasteiger charge is -2.26. The molecule has 3 aromatic rings. The standard InChI is InChI=1S/C26H32N2O2S/c1-19-24(27-25(31-19)21-5-9-22(10-6-21)26(2,3)4)20-7-11-23(12-8-20)30-18-15-28-13-16-29-17-14-28/h5-12H,13-18H2,1-4H3. The zero-order valence-corrected chi connectivity index (χ0v) is 19.8. The summed E-state index contributed by atoms with van der Waals surface area (Å²) in [6.07, 6.45) is 0. The van der Waals surface area contributed by atoms with Gasteiger partial charge < -0.3 is 9.47 Å². The van der Waals surface area contributed by atoms with Crippen molar-refractivity contribution in [3.05, 3.63) is 59.0 Å². The van der Waals surface area contributed by atoms with E-state index in [0.29, 0.717) is 6.61 Å². The average molecular weight is 437 g/mol. The lowest BCUT2D eigenvalue weighted by molar-refractivity contribution is 0.0322. The molecule has 0 N–H and O–H groups in total. The molecule has 5 heteroatoms. The lowest BCUT2D eigenvalue weighted by atomic mass is 9.87. The predicted molar refractivity (Wildman–Crippen MR) is 129 cm³/mol. The monoisotopic (exact) mass is 436 g/mol. The van der Waals surface area contributed by atoms with Crippen molar-refractivity contribution in [2.45, 2.75) is 33.1 Å². The van der Waals surface area contributed by atoms with Crippen LogP contribution in [0, 0.1) is 6.92 Å². The molecular weight excluding hydrogens is 404 g/mol. The van der Waals surface area contributed by atoms with Gasteiger partial charge in [0.05, 0.1) is 18.9 Å². The molecule has 4 nitrogen and oxygen atoms in total. The first kappa shape index (κ1) is 22.0. The van der Waals surface area contributed by atoms with Crippen molar-refractivity contribution in [1.29, 1.82) is 0 Å². The number of ether oxygens (including phenoxy) is 2. The van der Waals surface area contributed by atoms with E-state index >= 15 is 0 Å². The van der Waals surface area contributed by atoms with Crippen LogP contribution in [0.5, 0.6) is 5.75 Å². The molecule has 1 fully saturated rings. The molecule has 0 atom stereocenters. The van der Waals surface area contributed by atoms with Crippen LogP contribution in [0.3, 0.4) is 0 Å². The summed E-state index contributed by atoms with van der Waals surface area (Å²) in [6, 6.07) is 17.1. The predicted octanol–water partition coefficient (Wildman–Crippen LogP) is 5.79. The number of aromatic nitrogens is 1. The van der Waals surface area contributed by atoms with Crippen molar-refractivity contribution < 1.29 is 9.47 Å². The zero-order valence-electron chi connectivity index (χ0n) is 19.0. The van der Waals surface area contributed by atoms with E-state index in [0.717, 1.165) is 54.9 Å². The van der Waals surface area contributed by atoms with Crippen molar-refractivity contribution >= 4 is 11.3 Å². The Labute approximate surface area is 189 Å². The first-order valence-electron chi connectivity index (χ1n) is 11.0. The normalized spacial score (nSPS) is 15.2. The van der Waals surface area contributed by atoms with Crippen LogP contribution in [0.2, 0.25) is 0 Å². The second kappa shape index (κ2) is 9.51. The summed E-state index contributed by atoms with van der Waals surface area (Å²) in [5.74, 6) is 0.905. The molecule has 1 aliphatic rings. The molecule has 2 aromatic carbocycles. The van der Waals surface area contributed by atoms with Gasteiger partial charge in [0.1, 0.15) is 17.4 Å². The van der Waals surface area contributed by atoms with Gasteiger partial charge in [-0.1, -0.05) is 45.0 Å². The van der Waals surface area contributed by atoms with E-state index in [2.05, 4.69) is 69.0 Å². The van der Waals surface area contributed by atoms with E-state index in [-0.39, 0.29) is 5.41 Å².